The average Bonchev–Trinajstić information content (AvgIpc) is 2.62. The molecule has 2 fully saturated rings. The van der Waals surface area contributed by atoms with Crippen LogP contribution in [-0.4, -0.2) is 49.7 Å². The molecule has 19 heavy (non-hydrogen) atoms. The third-order valence-corrected chi connectivity index (χ3v) is 4.73. The number of carbonyl (C=O) groups is 1. The van der Waals surface area contributed by atoms with E-state index in [0.29, 0.717) is 6.04 Å². The van der Waals surface area contributed by atoms with Crippen molar-refractivity contribution in [2.24, 2.45) is 0 Å². The van der Waals surface area contributed by atoms with Crippen LogP contribution in [0.5, 0.6) is 0 Å². The van der Waals surface area contributed by atoms with Crippen molar-refractivity contribution >= 4 is 5.97 Å². The molecular formula is C15H28N2O2. The summed E-state index contributed by atoms with van der Waals surface area (Å²) < 4.78 is 5.11. The first-order valence-corrected chi connectivity index (χ1v) is 7.71. The van der Waals surface area contributed by atoms with Gasteiger partial charge in [-0.2, -0.15) is 0 Å². The highest BCUT2D eigenvalue weighted by molar-refractivity contribution is 5.80. The number of rotatable bonds is 3. The highest BCUT2D eigenvalue weighted by Crippen LogP contribution is 2.27. The molecule has 4 nitrogen and oxygen atoms in total. The maximum atomic E-state index is 12.3. The van der Waals surface area contributed by atoms with Gasteiger partial charge in [-0.1, -0.05) is 19.3 Å². The summed E-state index contributed by atoms with van der Waals surface area (Å²) in [7, 11) is 3.65. The number of esters is 1. The standard InChI is InChI=1S/C15H28N2O2/c1-17-11-6-9-15(10-12-17,14(18)19-2)16-13-7-4-3-5-8-13/h13,16H,3-12H2,1-2H3. The van der Waals surface area contributed by atoms with Crippen LogP contribution >= 0.6 is 0 Å². The predicted molar refractivity (Wildman–Crippen MR) is 76.1 cm³/mol. The van der Waals surface area contributed by atoms with Gasteiger partial charge in [0.05, 0.1) is 7.11 Å². The normalized spacial score (nSPS) is 30.8. The van der Waals surface area contributed by atoms with Crippen LogP contribution in [0.1, 0.15) is 51.4 Å². The fourth-order valence-corrected chi connectivity index (χ4v) is 3.51. The van der Waals surface area contributed by atoms with Gasteiger partial charge in [0.25, 0.3) is 0 Å². The molecule has 1 aliphatic heterocycles. The van der Waals surface area contributed by atoms with Crippen molar-refractivity contribution < 1.29 is 9.53 Å². The van der Waals surface area contributed by atoms with Crippen molar-refractivity contribution in [3.8, 4) is 0 Å². The number of ether oxygens (including phenoxy) is 1. The summed E-state index contributed by atoms with van der Waals surface area (Å²) in [5.74, 6) is -0.0617. The predicted octanol–water partition coefficient (Wildman–Crippen LogP) is 1.94. The van der Waals surface area contributed by atoms with Crippen LogP contribution in [0, 0.1) is 0 Å². The third kappa shape index (κ3) is 3.69. The highest BCUT2D eigenvalue weighted by Gasteiger charge is 2.41. The highest BCUT2D eigenvalue weighted by atomic mass is 16.5. The van der Waals surface area contributed by atoms with Crippen LogP contribution in [0.2, 0.25) is 0 Å². The van der Waals surface area contributed by atoms with E-state index in [1.807, 2.05) is 0 Å². The van der Waals surface area contributed by atoms with Crippen LogP contribution in [-0.2, 0) is 9.53 Å². The zero-order valence-electron chi connectivity index (χ0n) is 12.4. The molecule has 2 aliphatic rings. The SMILES string of the molecule is COC(=O)C1(NC2CCCCC2)CCCN(C)CC1. The minimum atomic E-state index is -0.443. The van der Waals surface area contributed by atoms with Gasteiger partial charge in [-0.15, -0.1) is 0 Å². The first-order chi connectivity index (χ1) is 9.16. The molecule has 0 bridgehead atoms. The monoisotopic (exact) mass is 268 g/mol. The molecule has 4 heteroatoms. The van der Waals surface area contributed by atoms with Gasteiger partial charge in [0.2, 0.25) is 0 Å². The lowest BCUT2D eigenvalue weighted by atomic mass is 9.86. The maximum absolute atomic E-state index is 12.3. The van der Waals surface area contributed by atoms with Crippen LogP contribution < -0.4 is 5.32 Å². The summed E-state index contributed by atoms with van der Waals surface area (Å²) in [6, 6.07) is 0.497. The van der Waals surface area contributed by atoms with Crippen molar-refractivity contribution in [3.63, 3.8) is 0 Å². The average molecular weight is 268 g/mol. The number of carbonyl (C=O) groups excluding carboxylic acids is 1. The molecule has 1 atom stereocenters. The molecule has 1 unspecified atom stereocenters. The Bertz CT molecular complexity index is 303. The van der Waals surface area contributed by atoms with Crippen LogP contribution in [0.25, 0.3) is 0 Å². The van der Waals surface area contributed by atoms with E-state index >= 15 is 0 Å². The van der Waals surface area contributed by atoms with E-state index in [9.17, 15) is 4.79 Å². The second-order valence-corrected chi connectivity index (χ2v) is 6.21. The lowest BCUT2D eigenvalue weighted by Gasteiger charge is -2.36. The van der Waals surface area contributed by atoms with Crippen molar-refractivity contribution in [1.82, 2.24) is 10.2 Å². The first-order valence-electron chi connectivity index (χ1n) is 7.71. The summed E-state index contributed by atoms with van der Waals surface area (Å²) in [4.78, 5) is 14.6. The number of hydrogen-bond donors (Lipinski definition) is 1. The zero-order chi connectivity index (χ0) is 13.7. The largest absolute Gasteiger partial charge is 0.468 e. The number of hydrogen-bond acceptors (Lipinski definition) is 4. The summed E-state index contributed by atoms with van der Waals surface area (Å²) in [5.41, 5.74) is -0.443. The Morgan fingerprint density at radius 2 is 1.89 bits per heavy atom. The Morgan fingerprint density at radius 1 is 1.16 bits per heavy atom. The van der Waals surface area contributed by atoms with Gasteiger partial charge in [0.15, 0.2) is 0 Å². The molecule has 0 spiro atoms. The van der Waals surface area contributed by atoms with Gasteiger partial charge in [-0.3, -0.25) is 10.1 Å². The van der Waals surface area contributed by atoms with Gasteiger partial charge in [-0.25, -0.2) is 0 Å². The maximum Gasteiger partial charge on any atom is 0.326 e. The molecule has 0 aromatic carbocycles. The van der Waals surface area contributed by atoms with E-state index < -0.39 is 5.54 Å². The lowest BCUT2D eigenvalue weighted by molar-refractivity contribution is -0.149. The second-order valence-electron chi connectivity index (χ2n) is 6.21. The molecule has 2 rings (SSSR count). The zero-order valence-corrected chi connectivity index (χ0v) is 12.4. The topological polar surface area (TPSA) is 41.6 Å². The van der Waals surface area contributed by atoms with Gasteiger partial charge in [0.1, 0.15) is 5.54 Å². The Balaban J connectivity index is 2.06. The fraction of sp³-hybridized carbons (Fsp3) is 0.933. The number of nitrogens with one attached hydrogen (secondary N) is 1. The van der Waals surface area contributed by atoms with Crippen LogP contribution in [0.3, 0.4) is 0 Å². The van der Waals surface area contributed by atoms with E-state index in [1.165, 1.54) is 39.2 Å². The van der Waals surface area contributed by atoms with Gasteiger partial charge >= 0.3 is 5.97 Å². The van der Waals surface area contributed by atoms with Crippen molar-refractivity contribution in [3.05, 3.63) is 0 Å². The molecule has 1 heterocycles. The van der Waals surface area contributed by atoms with Crippen molar-refractivity contribution in [2.45, 2.75) is 62.9 Å². The smallest absolute Gasteiger partial charge is 0.326 e. The molecule has 110 valence electrons. The van der Waals surface area contributed by atoms with Crippen LogP contribution in [0.4, 0.5) is 0 Å². The quantitative estimate of drug-likeness (QED) is 0.794. The number of nitrogens with zero attached hydrogens (tertiary/aromatic N) is 1. The van der Waals surface area contributed by atoms with E-state index in [0.717, 1.165) is 32.4 Å². The number of methoxy groups -OCH3 is 1. The van der Waals surface area contributed by atoms with Gasteiger partial charge in [0, 0.05) is 12.6 Å². The Labute approximate surface area is 116 Å². The Kier molecular flexibility index (Phi) is 5.22. The van der Waals surface area contributed by atoms with Crippen LogP contribution in [0.15, 0.2) is 0 Å². The van der Waals surface area contributed by atoms with E-state index in [2.05, 4.69) is 17.3 Å². The molecule has 1 saturated heterocycles. The molecule has 0 aromatic heterocycles. The lowest BCUT2D eigenvalue weighted by Crippen LogP contribution is -2.57. The number of likely N-dealkylation sites (tertiary alicyclic amines) is 1. The molecule has 1 saturated carbocycles. The molecule has 1 N–H and O–H groups in total. The summed E-state index contributed by atoms with van der Waals surface area (Å²) in [6.07, 6.45) is 9.15. The molecule has 0 radical (unpaired) electrons. The molecular weight excluding hydrogens is 240 g/mol. The Morgan fingerprint density at radius 3 is 2.58 bits per heavy atom. The van der Waals surface area contributed by atoms with E-state index in [4.69, 9.17) is 4.74 Å². The molecule has 1 aliphatic carbocycles. The summed E-state index contributed by atoms with van der Waals surface area (Å²) >= 11 is 0. The second kappa shape index (κ2) is 6.71. The minimum absolute atomic E-state index is 0.0617. The molecule has 0 aromatic rings. The first kappa shape index (κ1) is 14.8. The van der Waals surface area contributed by atoms with Crippen molar-refractivity contribution in [2.75, 3.05) is 27.2 Å². The minimum Gasteiger partial charge on any atom is -0.468 e. The summed E-state index contributed by atoms with van der Waals surface area (Å²) in [6.45, 7) is 2.04. The van der Waals surface area contributed by atoms with Gasteiger partial charge in [-0.05, 0) is 45.7 Å². The van der Waals surface area contributed by atoms with Gasteiger partial charge < -0.3 is 9.64 Å². The van der Waals surface area contributed by atoms with Crippen molar-refractivity contribution in [1.29, 1.82) is 0 Å². The molecule has 0 amide bonds. The Hall–Kier alpha value is -0.610. The summed E-state index contributed by atoms with van der Waals surface area (Å²) in [5, 5.41) is 3.68. The van der Waals surface area contributed by atoms with E-state index in [-0.39, 0.29) is 5.97 Å². The fourth-order valence-electron chi connectivity index (χ4n) is 3.51. The van der Waals surface area contributed by atoms with E-state index in [1.54, 1.807) is 0 Å². The third-order valence-electron chi connectivity index (χ3n) is 4.73.